The molecule has 0 saturated carbocycles. The van der Waals surface area contributed by atoms with Crippen molar-refractivity contribution >= 4 is 10.9 Å². The van der Waals surface area contributed by atoms with E-state index in [2.05, 4.69) is 60.2 Å². The van der Waals surface area contributed by atoms with Crippen LogP contribution in [0.5, 0.6) is 0 Å². The molecule has 3 rings (SSSR count). The summed E-state index contributed by atoms with van der Waals surface area (Å²) in [7, 11) is 0. The third-order valence-electron chi connectivity index (χ3n) is 3.27. The Morgan fingerprint density at radius 3 is 2.67 bits per heavy atom. The summed E-state index contributed by atoms with van der Waals surface area (Å²) in [6.07, 6.45) is 3.78. The molecule has 18 heavy (non-hydrogen) atoms. The molecule has 0 aliphatic rings. The second-order valence-electron chi connectivity index (χ2n) is 5.69. The first-order valence-corrected chi connectivity index (χ1v) is 6.17. The van der Waals surface area contributed by atoms with Gasteiger partial charge >= 0.3 is 0 Å². The molecular formula is C15H17N3. The fourth-order valence-electron chi connectivity index (χ4n) is 2.20. The van der Waals surface area contributed by atoms with Gasteiger partial charge < -0.3 is 4.98 Å². The maximum atomic E-state index is 4.02. The Balaban J connectivity index is 2.25. The van der Waals surface area contributed by atoms with Crippen LogP contribution in [0, 0.1) is 0 Å². The molecular weight excluding hydrogens is 222 g/mol. The van der Waals surface area contributed by atoms with E-state index in [0.717, 1.165) is 5.56 Å². The molecule has 0 bridgehead atoms. The highest BCUT2D eigenvalue weighted by atomic mass is 15.1. The minimum Gasteiger partial charge on any atom is -0.357 e. The largest absolute Gasteiger partial charge is 0.357 e. The molecule has 92 valence electrons. The summed E-state index contributed by atoms with van der Waals surface area (Å²) in [5.74, 6) is 0. The number of nitrogens with zero attached hydrogens (tertiary/aromatic N) is 1. The molecule has 0 amide bonds. The number of fused-ring (bicyclic) bond motifs is 1. The van der Waals surface area contributed by atoms with Crippen molar-refractivity contribution < 1.29 is 0 Å². The van der Waals surface area contributed by atoms with Crippen LogP contribution in [-0.4, -0.2) is 15.2 Å². The zero-order valence-corrected chi connectivity index (χ0v) is 10.9. The Kier molecular flexibility index (Phi) is 2.30. The topological polar surface area (TPSA) is 44.5 Å². The molecule has 2 N–H and O–H groups in total. The highest BCUT2D eigenvalue weighted by Gasteiger charge is 2.17. The lowest BCUT2D eigenvalue weighted by Crippen LogP contribution is -2.11. The van der Waals surface area contributed by atoms with Gasteiger partial charge in [0, 0.05) is 33.8 Å². The average Bonchev–Trinajstić information content (AvgIpc) is 2.96. The van der Waals surface area contributed by atoms with E-state index in [1.807, 2.05) is 12.4 Å². The van der Waals surface area contributed by atoms with Crippen LogP contribution in [0.25, 0.3) is 22.0 Å². The molecule has 0 atom stereocenters. The van der Waals surface area contributed by atoms with Crippen molar-refractivity contribution in [1.29, 1.82) is 0 Å². The van der Waals surface area contributed by atoms with E-state index >= 15 is 0 Å². The van der Waals surface area contributed by atoms with Gasteiger partial charge in [-0.1, -0.05) is 39.0 Å². The van der Waals surface area contributed by atoms with E-state index in [0.29, 0.717) is 0 Å². The lowest BCUT2D eigenvalue weighted by Gasteiger charge is -2.15. The summed E-state index contributed by atoms with van der Waals surface area (Å²) < 4.78 is 0. The van der Waals surface area contributed by atoms with E-state index < -0.39 is 0 Å². The van der Waals surface area contributed by atoms with Crippen LogP contribution in [0.4, 0.5) is 0 Å². The van der Waals surface area contributed by atoms with E-state index in [-0.39, 0.29) is 5.41 Å². The summed E-state index contributed by atoms with van der Waals surface area (Å²) in [4.78, 5) is 3.55. The smallest absolute Gasteiger partial charge is 0.0566 e. The molecule has 0 fully saturated rings. The quantitative estimate of drug-likeness (QED) is 0.665. The van der Waals surface area contributed by atoms with Crippen molar-refractivity contribution in [2.75, 3.05) is 0 Å². The molecule has 1 aromatic carbocycles. The first-order valence-electron chi connectivity index (χ1n) is 6.17. The maximum Gasteiger partial charge on any atom is 0.0566 e. The molecule has 0 spiro atoms. The van der Waals surface area contributed by atoms with Crippen LogP contribution >= 0.6 is 0 Å². The van der Waals surface area contributed by atoms with E-state index in [4.69, 9.17) is 0 Å². The van der Waals surface area contributed by atoms with E-state index in [9.17, 15) is 0 Å². The number of para-hydroxylation sites is 1. The van der Waals surface area contributed by atoms with Gasteiger partial charge in [-0.15, -0.1) is 0 Å². The second-order valence-corrected chi connectivity index (χ2v) is 5.69. The molecule has 3 aromatic rings. The van der Waals surface area contributed by atoms with Gasteiger partial charge in [-0.25, -0.2) is 0 Å². The van der Waals surface area contributed by atoms with Crippen LogP contribution in [0.3, 0.4) is 0 Å². The van der Waals surface area contributed by atoms with Crippen molar-refractivity contribution in [3.05, 3.63) is 42.4 Å². The van der Waals surface area contributed by atoms with Crippen LogP contribution < -0.4 is 0 Å². The van der Waals surface area contributed by atoms with Crippen LogP contribution in [0.15, 0.2) is 36.7 Å². The molecule has 3 nitrogen and oxygen atoms in total. The standard InChI is InChI=1S/C15H17N3/c1-15(2,3)13-7-10-5-4-6-12(14(10)18-13)11-8-16-17-9-11/h4-9,18H,1-3H3,(H,16,17). The number of rotatable bonds is 1. The molecule has 0 saturated heterocycles. The minimum absolute atomic E-state index is 0.132. The fraction of sp³-hybridized carbons (Fsp3) is 0.267. The molecule has 0 unspecified atom stereocenters. The number of nitrogens with one attached hydrogen (secondary N) is 2. The second kappa shape index (κ2) is 3.73. The fourth-order valence-corrected chi connectivity index (χ4v) is 2.20. The highest BCUT2D eigenvalue weighted by molar-refractivity contribution is 5.94. The van der Waals surface area contributed by atoms with Crippen molar-refractivity contribution in [2.24, 2.45) is 0 Å². The molecule has 0 radical (unpaired) electrons. The summed E-state index contributed by atoms with van der Waals surface area (Å²) >= 11 is 0. The number of hydrogen-bond acceptors (Lipinski definition) is 1. The van der Waals surface area contributed by atoms with E-state index in [1.54, 1.807) is 0 Å². The Bertz CT molecular complexity index is 669. The van der Waals surface area contributed by atoms with Crippen molar-refractivity contribution in [2.45, 2.75) is 26.2 Å². The predicted molar refractivity (Wildman–Crippen MR) is 74.6 cm³/mol. The molecule has 2 aromatic heterocycles. The molecule has 0 aliphatic carbocycles. The van der Waals surface area contributed by atoms with Gasteiger partial charge in [-0.2, -0.15) is 5.10 Å². The monoisotopic (exact) mass is 239 g/mol. The first-order chi connectivity index (χ1) is 8.55. The Hall–Kier alpha value is -2.03. The number of aromatic nitrogens is 3. The zero-order valence-electron chi connectivity index (χ0n) is 10.9. The van der Waals surface area contributed by atoms with E-state index in [1.165, 1.54) is 22.2 Å². The summed E-state index contributed by atoms with van der Waals surface area (Å²) in [5, 5.41) is 8.14. The van der Waals surface area contributed by atoms with Gasteiger partial charge in [0.1, 0.15) is 0 Å². The normalized spacial score (nSPS) is 12.2. The van der Waals surface area contributed by atoms with Gasteiger partial charge in [0.05, 0.1) is 11.7 Å². The maximum absolute atomic E-state index is 4.02. The SMILES string of the molecule is CC(C)(C)c1cc2cccc(-c3cn[nH]c3)c2[nH]1. The van der Waals surface area contributed by atoms with Gasteiger partial charge in [-0.3, -0.25) is 5.10 Å². The summed E-state index contributed by atoms with van der Waals surface area (Å²) in [6.45, 7) is 6.65. The third kappa shape index (κ3) is 1.72. The van der Waals surface area contributed by atoms with Gasteiger partial charge in [0.15, 0.2) is 0 Å². The van der Waals surface area contributed by atoms with Crippen LogP contribution in [0.2, 0.25) is 0 Å². The Labute approximate surface area is 106 Å². The van der Waals surface area contributed by atoms with Crippen molar-refractivity contribution in [3.8, 4) is 11.1 Å². The van der Waals surface area contributed by atoms with Crippen molar-refractivity contribution in [3.63, 3.8) is 0 Å². The van der Waals surface area contributed by atoms with Crippen LogP contribution in [-0.2, 0) is 5.41 Å². The summed E-state index contributed by atoms with van der Waals surface area (Å²) in [5.41, 5.74) is 4.88. The van der Waals surface area contributed by atoms with Gasteiger partial charge in [0.2, 0.25) is 0 Å². The lowest BCUT2D eigenvalue weighted by molar-refractivity contribution is 0.574. The summed E-state index contributed by atoms with van der Waals surface area (Å²) in [6, 6.07) is 8.59. The van der Waals surface area contributed by atoms with Gasteiger partial charge in [-0.05, 0) is 6.07 Å². The minimum atomic E-state index is 0.132. The van der Waals surface area contributed by atoms with Crippen LogP contribution in [0.1, 0.15) is 26.5 Å². The number of aromatic amines is 2. The zero-order chi connectivity index (χ0) is 12.8. The lowest BCUT2D eigenvalue weighted by atomic mass is 9.92. The Morgan fingerprint density at radius 1 is 1.17 bits per heavy atom. The molecule has 2 heterocycles. The number of benzene rings is 1. The highest BCUT2D eigenvalue weighted by Crippen LogP contribution is 2.31. The molecule has 3 heteroatoms. The van der Waals surface area contributed by atoms with Crippen molar-refractivity contribution in [1.82, 2.24) is 15.2 Å². The number of H-pyrrole nitrogens is 2. The number of hydrogen-bond donors (Lipinski definition) is 2. The Morgan fingerprint density at radius 2 is 2.00 bits per heavy atom. The van der Waals surface area contributed by atoms with Gasteiger partial charge in [0.25, 0.3) is 0 Å². The predicted octanol–water partition coefficient (Wildman–Crippen LogP) is 3.86. The molecule has 0 aliphatic heterocycles. The first kappa shape index (κ1) is 11.1. The third-order valence-corrected chi connectivity index (χ3v) is 3.27. The average molecular weight is 239 g/mol.